The van der Waals surface area contributed by atoms with E-state index in [1.807, 2.05) is 0 Å². The predicted molar refractivity (Wildman–Crippen MR) is 370 cm³/mol. The van der Waals surface area contributed by atoms with Gasteiger partial charge in [-0.15, -0.1) is 0 Å². The molecular weight excluding hydrogens is 1030 g/mol. The van der Waals surface area contributed by atoms with Gasteiger partial charge in [0.15, 0.2) is 0 Å². The second-order valence-electron chi connectivity index (χ2n) is 26.0. The van der Waals surface area contributed by atoms with Crippen molar-refractivity contribution >= 4 is 11.9 Å². The molecule has 494 valence electrons. The Hall–Kier alpha value is -2.18. The molecule has 0 aromatic carbocycles. The minimum absolute atomic E-state index is 0.00396. The van der Waals surface area contributed by atoms with Crippen LogP contribution in [0, 0.1) is 0 Å². The summed E-state index contributed by atoms with van der Waals surface area (Å²) in [7, 11) is 0. The lowest BCUT2D eigenvalue weighted by Crippen LogP contribution is -2.45. The highest BCUT2D eigenvalue weighted by molar-refractivity contribution is 5.76. The summed E-state index contributed by atoms with van der Waals surface area (Å²) in [6, 6.07) is -0.552. The van der Waals surface area contributed by atoms with Crippen molar-refractivity contribution in [2.45, 2.75) is 424 Å². The SMILES string of the molecule is CCCCC/C=C\C/C=C\CCCCCCCCCCCC(=O)OCCCCCCCCCCC/C=C\C/C=C\CCCCCCCCCC(=O)NC(CO)C(O)CCCCCCCCCCCCCCCCCCCCCCCCCCC. The monoisotopic (exact) mass is 1180 g/mol. The molecule has 0 radical (unpaired) electrons. The van der Waals surface area contributed by atoms with Crippen molar-refractivity contribution in [3.63, 3.8) is 0 Å². The lowest BCUT2D eigenvalue weighted by Gasteiger charge is -2.22. The molecule has 0 aliphatic rings. The quantitative estimate of drug-likeness (QED) is 0.0320. The van der Waals surface area contributed by atoms with Crippen LogP contribution in [-0.4, -0.2) is 47.4 Å². The molecule has 1 amide bonds. The molecule has 0 spiro atoms. The van der Waals surface area contributed by atoms with Crippen LogP contribution in [0.25, 0.3) is 0 Å². The van der Waals surface area contributed by atoms with Crippen molar-refractivity contribution in [1.29, 1.82) is 0 Å². The zero-order chi connectivity index (χ0) is 60.6. The number of unbranched alkanes of at least 4 members (excludes halogenated alkanes) is 52. The van der Waals surface area contributed by atoms with Crippen molar-refractivity contribution in [2.75, 3.05) is 13.2 Å². The van der Waals surface area contributed by atoms with Gasteiger partial charge in [0.05, 0.1) is 25.4 Å². The van der Waals surface area contributed by atoms with Gasteiger partial charge >= 0.3 is 5.97 Å². The number of allylic oxidation sites excluding steroid dienone is 8. The highest BCUT2D eigenvalue weighted by atomic mass is 16.5. The summed E-state index contributed by atoms with van der Waals surface area (Å²) in [6.45, 7) is 4.95. The van der Waals surface area contributed by atoms with Crippen LogP contribution in [0.2, 0.25) is 0 Å². The van der Waals surface area contributed by atoms with E-state index in [4.69, 9.17) is 4.74 Å². The first-order valence-corrected chi connectivity index (χ1v) is 37.9. The third kappa shape index (κ3) is 68.9. The van der Waals surface area contributed by atoms with Crippen molar-refractivity contribution in [3.8, 4) is 0 Å². The van der Waals surface area contributed by atoms with E-state index in [9.17, 15) is 19.8 Å². The van der Waals surface area contributed by atoms with Gasteiger partial charge in [-0.05, 0) is 89.9 Å². The van der Waals surface area contributed by atoms with E-state index in [-0.39, 0.29) is 18.5 Å². The minimum Gasteiger partial charge on any atom is -0.466 e. The average molecular weight is 1180 g/mol. The molecule has 0 saturated heterocycles. The molecule has 2 unspecified atom stereocenters. The zero-order valence-corrected chi connectivity index (χ0v) is 56.6. The first-order chi connectivity index (χ1) is 41.5. The molecule has 3 N–H and O–H groups in total. The number of carbonyl (C=O) groups excluding carboxylic acids is 2. The fourth-order valence-corrected chi connectivity index (χ4v) is 11.8. The highest BCUT2D eigenvalue weighted by Crippen LogP contribution is 2.19. The summed E-state index contributed by atoms with van der Waals surface area (Å²) in [5, 5.41) is 23.5. The van der Waals surface area contributed by atoms with Crippen LogP contribution < -0.4 is 5.32 Å². The summed E-state index contributed by atoms with van der Waals surface area (Å²) in [6.07, 6.45) is 96.0. The van der Waals surface area contributed by atoms with Gasteiger partial charge in [0.1, 0.15) is 0 Å². The Morgan fingerprint density at radius 1 is 0.333 bits per heavy atom. The van der Waals surface area contributed by atoms with E-state index in [1.54, 1.807) is 0 Å². The van der Waals surface area contributed by atoms with Gasteiger partial charge < -0.3 is 20.3 Å². The van der Waals surface area contributed by atoms with Crippen LogP contribution in [0.1, 0.15) is 412 Å². The molecular formula is C78H147NO5. The highest BCUT2D eigenvalue weighted by Gasteiger charge is 2.20. The van der Waals surface area contributed by atoms with Crippen molar-refractivity contribution in [1.82, 2.24) is 5.32 Å². The third-order valence-electron chi connectivity index (χ3n) is 17.6. The lowest BCUT2D eigenvalue weighted by atomic mass is 10.0. The van der Waals surface area contributed by atoms with E-state index >= 15 is 0 Å². The van der Waals surface area contributed by atoms with Crippen LogP contribution in [0.4, 0.5) is 0 Å². The second-order valence-corrected chi connectivity index (χ2v) is 26.0. The molecule has 0 rings (SSSR count). The second kappa shape index (κ2) is 73.3. The molecule has 6 nitrogen and oxygen atoms in total. The number of aliphatic hydroxyl groups excluding tert-OH is 2. The smallest absolute Gasteiger partial charge is 0.305 e. The maximum atomic E-state index is 12.6. The summed E-state index contributed by atoms with van der Waals surface area (Å²) in [5.74, 6) is -0.0372. The van der Waals surface area contributed by atoms with Crippen LogP contribution in [-0.2, 0) is 14.3 Å². The summed E-state index contributed by atoms with van der Waals surface area (Å²) in [4.78, 5) is 24.7. The third-order valence-corrected chi connectivity index (χ3v) is 17.6. The number of aliphatic hydroxyl groups is 2. The number of rotatable bonds is 71. The first-order valence-electron chi connectivity index (χ1n) is 37.9. The summed E-state index contributed by atoms with van der Waals surface area (Å²) in [5.41, 5.74) is 0. The molecule has 6 heteroatoms. The van der Waals surface area contributed by atoms with Gasteiger partial charge in [-0.3, -0.25) is 9.59 Å². The van der Waals surface area contributed by atoms with Gasteiger partial charge in [-0.1, -0.05) is 358 Å². The van der Waals surface area contributed by atoms with E-state index in [1.165, 1.54) is 315 Å². The number of amides is 1. The lowest BCUT2D eigenvalue weighted by molar-refractivity contribution is -0.143. The number of hydrogen-bond donors (Lipinski definition) is 3. The van der Waals surface area contributed by atoms with Gasteiger partial charge in [0.2, 0.25) is 5.91 Å². The molecule has 84 heavy (non-hydrogen) atoms. The Morgan fingerprint density at radius 3 is 0.929 bits per heavy atom. The number of nitrogens with one attached hydrogen (secondary N) is 1. The minimum atomic E-state index is -0.674. The molecule has 0 aliphatic heterocycles. The Balaban J connectivity index is 3.43. The fourth-order valence-electron chi connectivity index (χ4n) is 11.8. The zero-order valence-electron chi connectivity index (χ0n) is 56.6. The average Bonchev–Trinajstić information content (AvgIpc) is 3.51. The molecule has 0 heterocycles. The molecule has 0 aromatic heterocycles. The van der Waals surface area contributed by atoms with Gasteiger partial charge in [-0.2, -0.15) is 0 Å². The van der Waals surface area contributed by atoms with Crippen molar-refractivity contribution in [2.24, 2.45) is 0 Å². The number of hydrogen-bond acceptors (Lipinski definition) is 5. The van der Waals surface area contributed by atoms with Gasteiger partial charge in [-0.25, -0.2) is 0 Å². The maximum absolute atomic E-state index is 12.6. The van der Waals surface area contributed by atoms with Gasteiger partial charge in [0.25, 0.3) is 0 Å². The van der Waals surface area contributed by atoms with Crippen LogP contribution in [0.3, 0.4) is 0 Å². The van der Waals surface area contributed by atoms with Gasteiger partial charge in [0, 0.05) is 12.8 Å². The Labute approximate surface area is 525 Å². The number of esters is 1. The number of ether oxygens (including phenoxy) is 1. The van der Waals surface area contributed by atoms with E-state index < -0.39 is 12.1 Å². The predicted octanol–water partition coefficient (Wildman–Crippen LogP) is 24.8. The molecule has 2 atom stereocenters. The molecule has 0 aliphatic carbocycles. The Morgan fingerprint density at radius 2 is 0.595 bits per heavy atom. The standard InChI is InChI=1S/C78H147NO5/c1-3-5-7-9-11-13-15-17-19-21-23-24-25-26-28-31-35-38-42-46-50-54-58-62-66-70-76(81)75(74-80)79-77(82)71-67-63-59-55-51-47-43-39-36-32-29-27-30-33-37-41-45-49-53-57-61-65-69-73-84-78(83)72-68-64-60-56-52-48-44-40-34-22-20-18-16-14-12-10-8-6-4-2/h12,14,18,20,27,30,32,36,75-76,80-81H,3-11,13,15-17,19,21-26,28-29,31,33-35,37-74H2,1-2H3,(H,79,82)/b14-12-,20-18-,30-27-,36-32-. The largest absolute Gasteiger partial charge is 0.466 e. The van der Waals surface area contributed by atoms with E-state index in [2.05, 4.69) is 67.8 Å². The van der Waals surface area contributed by atoms with Crippen molar-refractivity contribution < 1.29 is 24.5 Å². The Bertz CT molecular complexity index is 1400. The van der Waals surface area contributed by atoms with Crippen LogP contribution in [0.5, 0.6) is 0 Å². The van der Waals surface area contributed by atoms with Crippen LogP contribution >= 0.6 is 0 Å². The fraction of sp³-hybridized carbons (Fsp3) is 0.872. The normalized spacial score (nSPS) is 12.8. The summed E-state index contributed by atoms with van der Waals surface area (Å²) < 4.78 is 5.50. The van der Waals surface area contributed by atoms with E-state index in [0.29, 0.717) is 25.9 Å². The van der Waals surface area contributed by atoms with Crippen LogP contribution in [0.15, 0.2) is 48.6 Å². The molecule has 0 fully saturated rings. The Kier molecular flexibility index (Phi) is 71.4. The first kappa shape index (κ1) is 81.8. The molecule has 0 saturated carbocycles. The maximum Gasteiger partial charge on any atom is 0.305 e. The van der Waals surface area contributed by atoms with E-state index in [0.717, 1.165) is 64.2 Å². The number of carbonyl (C=O) groups is 2. The topological polar surface area (TPSA) is 95.9 Å². The molecule has 0 aromatic rings. The summed E-state index contributed by atoms with van der Waals surface area (Å²) >= 11 is 0. The molecule has 0 bridgehead atoms. The van der Waals surface area contributed by atoms with Crippen molar-refractivity contribution in [3.05, 3.63) is 48.6 Å².